The van der Waals surface area contributed by atoms with Crippen LogP contribution in [0.1, 0.15) is 36.5 Å². The molecule has 1 aliphatic heterocycles. The van der Waals surface area contributed by atoms with Crippen LogP contribution in [-0.4, -0.2) is 36.5 Å². The van der Waals surface area contributed by atoms with E-state index in [1.54, 1.807) is 12.1 Å². The lowest BCUT2D eigenvalue weighted by molar-refractivity contribution is 0.0936. The Balaban J connectivity index is 1.64. The number of nitrogen functional groups attached to an aromatic ring is 1. The molecule has 1 aromatic rings. The largest absolute Gasteiger partial charge is 0.398 e. The molecule has 1 aliphatic carbocycles. The van der Waals surface area contributed by atoms with Crippen LogP contribution < -0.4 is 11.1 Å². The number of hydrogen-bond acceptors (Lipinski definition) is 3. The lowest BCUT2D eigenvalue weighted by atomic mass is 9.94. The molecular formula is C17H25N3O. The fourth-order valence-corrected chi connectivity index (χ4v) is 4.15. The predicted molar refractivity (Wildman–Crippen MR) is 85.1 cm³/mol. The third-order valence-corrected chi connectivity index (χ3v) is 5.23. The topological polar surface area (TPSA) is 58.4 Å². The molecule has 2 aliphatic rings. The minimum absolute atomic E-state index is 0.0504. The molecule has 4 heteroatoms. The quantitative estimate of drug-likeness (QED) is 0.834. The minimum Gasteiger partial charge on any atom is -0.398 e. The van der Waals surface area contributed by atoms with Gasteiger partial charge >= 0.3 is 0 Å². The minimum atomic E-state index is -0.0504. The van der Waals surface area contributed by atoms with Crippen molar-refractivity contribution in [1.29, 1.82) is 0 Å². The highest BCUT2D eigenvalue weighted by Crippen LogP contribution is 2.41. The van der Waals surface area contributed by atoms with Crippen LogP contribution in [0.4, 0.5) is 5.69 Å². The molecule has 0 spiro atoms. The van der Waals surface area contributed by atoms with Crippen LogP contribution >= 0.6 is 0 Å². The van der Waals surface area contributed by atoms with Crippen LogP contribution in [-0.2, 0) is 0 Å². The lowest BCUT2D eigenvalue weighted by Gasteiger charge is -2.27. The summed E-state index contributed by atoms with van der Waals surface area (Å²) in [5, 5.41) is 3.10. The van der Waals surface area contributed by atoms with Crippen molar-refractivity contribution >= 4 is 11.6 Å². The number of nitrogens with zero attached hydrogens (tertiary/aromatic N) is 1. The Labute approximate surface area is 126 Å². The second-order valence-electron chi connectivity index (χ2n) is 6.31. The molecule has 4 nitrogen and oxygen atoms in total. The number of carbonyl (C=O) groups is 1. The van der Waals surface area contributed by atoms with Crippen LogP contribution in [0.3, 0.4) is 0 Å². The van der Waals surface area contributed by atoms with Gasteiger partial charge in [0.05, 0.1) is 5.56 Å². The number of benzene rings is 1. The van der Waals surface area contributed by atoms with Gasteiger partial charge < -0.3 is 11.1 Å². The monoisotopic (exact) mass is 287 g/mol. The Bertz CT molecular complexity index is 517. The van der Waals surface area contributed by atoms with Crippen LogP contribution in [0.2, 0.25) is 0 Å². The molecule has 1 saturated carbocycles. The number of rotatable bonds is 4. The molecule has 3 N–H and O–H groups in total. The number of carbonyl (C=O) groups excluding carboxylic acids is 1. The summed E-state index contributed by atoms with van der Waals surface area (Å²) in [6.07, 6.45) is 4.02. The van der Waals surface area contributed by atoms with Crippen molar-refractivity contribution in [3.05, 3.63) is 29.8 Å². The molecule has 0 bridgehead atoms. The zero-order valence-electron chi connectivity index (χ0n) is 12.7. The highest BCUT2D eigenvalue weighted by atomic mass is 16.1. The maximum Gasteiger partial charge on any atom is 0.253 e. The molecular weight excluding hydrogens is 262 g/mol. The first-order valence-corrected chi connectivity index (χ1v) is 8.07. The normalized spacial score (nSPS) is 28.5. The number of amides is 1. The van der Waals surface area contributed by atoms with Crippen LogP contribution in [0.15, 0.2) is 24.3 Å². The Morgan fingerprint density at radius 2 is 2.19 bits per heavy atom. The van der Waals surface area contributed by atoms with E-state index in [1.807, 2.05) is 12.1 Å². The van der Waals surface area contributed by atoms with Crippen LogP contribution in [0.5, 0.6) is 0 Å². The second kappa shape index (κ2) is 6.06. The van der Waals surface area contributed by atoms with Crippen molar-refractivity contribution < 1.29 is 4.79 Å². The first kappa shape index (κ1) is 14.4. The van der Waals surface area contributed by atoms with Gasteiger partial charge in [0, 0.05) is 24.8 Å². The number of nitrogens with two attached hydrogens (primary N) is 1. The highest BCUT2D eigenvalue weighted by Gasteiger charge is 2.43. The highest BCUT2D eigenvalue weighted by molar-refractivity contribution is 5.99. The van der Waals surface area contributed by atoms with Crippen molar-refractivity contribution in [3.8, 4) is 0 Å². The summed E-state index contributed by atoms with van der Waals surface area (Å²) in [6.45, 7) is 5.23. The van der Waals surface area contributed by atoms with Crippen molar-refractivity contribution in [2.75, 3.05) is 25.4 Å². The summed E-state index contributed by atoms with van der Waals surface area (Å²) in [4.78, 5) is 14.8. The molecule has 1 aromatic carbocycles. The molecule has 21 heavy (non-hydrogen) atoms. The second-order valence-corrected chi connectivity index (χ2v) is 6.31. The van der Waals surface area contributed by atoms with Crippen LogP contribution in [0.25, 0.3) is 0 Å². The molecule has 2 fully saturated rings. The first-order chi connectivity index (χ1) is 10.2. The van der Waals surface area contributed by atoms with Crippen molar-refractivity contribution in [2.24, 2.45) is 11.8 Å². The number of anilines is 1. The third-order valence-electron chi connectivity index (χ3n) is 5.23. The molecule has 1 heterocycles. The van der Waals surface area contributed by atoms with E-state index in [0.717, 1.165) is 24.9 Å². The van der Waals surface area contributed by atoms with E-state index in [9.17, 15) is 4.79 Å². The maximum atomic E-state index is 12.3. The Morgan fingerprint density at radius 1 is 1.38 bits per heavy atom. The van der Waals surface area contributed by atoms with Gasteiger partial charge in [-0.1, -0.05) is 25.5 Å². The molecule has 3 rings (SSSR count). The van der Waals surface area contributed by atoms with Gasteiger partial charge in [0.1, 0.15) is 0 Å². The number of likely N-dealkylation sites (N-methyl/N-ethyl adjacent to an activating group) is 1. The number of nitrogens with one attached hydrogen (secondary N) is 1. The number of para-hydroxylation sites is 1. The fourth-order valence-electron chi connectivity index (χ4n) is 4.15. The summed E-state index contributed by atoms with van der Waals surface area (Å²) in [5.41, 5.74) is 7.01. The predicted octanol–water partition coefficient (Wildman–Crippen LogP) is 2.12. The summed E-state index contributed by atoms with van der Waals surface area (Å²) in [5.74, 6) is 1.55. The summed E-state index contributed by atoms with van der Waals surface area (Å²) < 4.78 is 0. The van der Waals surface area contributed by atoms with Gasteiger partial charge in [-0.15, -0.1) is 0 Å². The van der Waals surface area contributed by atoms with E-state index in [1.165, 1.54) is 25.8 Å². The van der Waals surface area contributed by atoms with E-state index < -0.39 is 0 Å². The lowest BCUT2D eigenvalue weighted by Crippen LogP contribution is -2.43. The Morgan fingerprint density at radius 3 is 2.95 bits per heavy atom. The zero-order valence-corrected chi connectivity index (χ0v) is 12.7. The van der Waals surface area contributed by atoms with Gasteiger partial charge in [-0.25, -0.2) is 0 Å². The van der Waals surface area contributed by atoms with Gasteiger partial charge in [0.25, 0.3) is 5.91 Å². The van der Waals surface area contributed by atoms with Gasteiger partial charge in [-0.2, -0.15) is 0 Å². The average Bonchev–Trinajstić information content (AvgIpc) is 3.06. The molecule has 3 atom stereocenters. The number of fused-ring (bicyclic) bond motifs is 1. The van der Waals surface area contributed by atoms with Crippen molar-refractivity contribution in [3.63, 3.8) is 0 Å². The van der Waals surface area contributed by atoms with Crippen LogP contribution in [0, 0.1) is 11.8 Å². The molecule has 0 aromatic heterocycles. The van der Waals surface area contributed by atoms with Crippen molar-refractivity contribution in [2.45, 2.75) is 32.2 Å². The summed E-state index contributed by atoms with van der Waals surface area (Å²) in [7, 11) is 0. The Kier molecular flexibility index (Phi) is 4.15. The molecule has 1 saturated heterocycles. The van der Waals surface area contributed by atoms with Gasteiger partial charge in [0.15, 0.2) is 0 Å². The number of likely N-dealkylation sites (tertiary alicyclic amines) is 1. The fraction of sp³-hybridized carbons (Fsp3) is 0.588. The van der Waals surface area contributed by atoms with E-state index in [-0.39, 0.29) is 5.91 Å². The zero-order chi connectivity index (χ0) is 14.8. The molecule has 114 valence electrons. The van der Waals surface area contributed by atoms with Gasteiger partial charge in [-0.05, 0) is 43.4 Å². The third kappa shape index (κ3) is 2.77. The van der Waals surface area contributed by atoms with Crippen molar-refractivity contribution in [1.82, 2.24) is 10.2 Å². The smallest absolute Gasteiger partial charge is 0.253 e. The van der Waals surface area contributed by atoms with E-state index in [2.05, 4.69) is 17.1 Å². The molecule has 3 unspecified atom stereocenters. The van der Waals surface area contributed by atoms with E-state index >= 15 is 0 Å². The SMILES string of the molecule is CCN1CC2CCCC2C1CNC(=O)c1ccccc1N. The standard InChI is InChI=1S/C17H25N3O/c1-2-20-11-12-6-5-8-13(12)16(20)10-19-17(21)14-7-3-4-9-15(14)18/h3-4,7,9,12-13,16H,2,5-6,8,10-11,18H2,1H3,(H,19,21). The first-order valence-electron chi connectivity index (χ1n) is 8.07. The maximum absolute atomic E-state index is 12.3. The van der Waals surface area contributed by atoms with Gasteiger partial charge in [0.2, 0.25) is 0 Å². The average molecular weight is 287 g/mol. The Hall–Kier alpha value is -1.55. The molecule has 0 radical (unpaired) electrons. The van der Waals surface area contributed by atoms with E-state index in [0.29, 0.717) is 17.3 Å². The summed E-state index contributed by atoms with van der Waals surface area (Å²) >= 11 is 0. The van der Waals surface area contributed by atoms with E-state index in [4.69, 9.17) is 5.73 Å². The molecule has 1 amide bonds. The number of hydrogen-bond donors (Lipinski definition) is 2. The van der Waals surface area contributed by atoms with Gasteiger partial charge in [-0.3, -0.25) is 9.69 Å². The summed E-state index contributed by atoms with van der Waals surface area (Å²) in [6, 6.07) is 7.76.